The topological polar surface area (TPSA) is 61.7 Å². The van der Waals surface area contributed by atoms with Gasteiger partial charge in [0.1, 0.15) is 12.4 Å². The zero-order valence-corrected chi connectivity index (χ0v) is 13.2. The van der Waals surface area contributed by atoms with E-state index >= 15 is 0 Å². The van der Waals surface area contributed by atoms with Gasteiger partial charge in [-0.05, 0) is 48.4 Å². The highest BCUT2D eigenvalue weighted by atomic mass is 35.5. The maximum atomic E-state index is 9.69. The molecule has 3 N–H and O–H groups in total. The van der Waals surface area contributed by atoms with Crippen molar-refractivity contribution in [3.63, 3.8) is 0 Å². The molecule has 1 heterocycles. The molecule has 1 unspecified atom stereocenters. The summed E-state index contributed by atoms with van der Waals surface area (Å²) in [6.07, 6.45) is 0.798. The van der Waals surface area contributed by atoms with Crippen molar-refractivity contribution in [2.45, 2.75) is 12.5 Å². The van der Waals surface area contributed by atoms with Gasteiger partial charge >= 0.3 is 0 Å². The lowest BCUT2D eigenvalue weighted by Gasteiger charge is -2.27. The lowest BCUT2D eigenvalue weighted by molar-refractivity contribution is 0.260. The third-order valence-electron chi connectivity index (χ3n) is 3.70. The molecule has 1 aliphatic rings. The molecule has 0 saturated heterocycles. The number of aromatic hydroxyl groups is 2. The molecule has 0 spiro atoms. The first kappa shape index (κ1) is 15.3. The van der Waals surface area contributed by atoms with Crippen LogP contribution in [0.15, 0.2) is 30.3 Å². The number of phenolic OH excluding ortho intramolecular Hbond substituents is 2. The zero-order valence-electron chi connectivity index (χ0n) is 11.6. The smallest absolute Gasteiger partial charge is 0.157 e. The molecule has 0 fully saturated rings. The van der Waals surface area contributed by atoms with Gasteiger partial charge in [-0.15, -0.1) is 0 Å². The summed E-state index contributed by atoms with van der Waals surface area (Å²) in [4.78, 5) is 0. The van der Waals surface area contributed by atoms with Gasteiger partial charge in [0.05, 0.1) is 16.1 Å². The number of fused-ring (bicyclic) bond motifs is 1. The Hall–Kier alpha value is -1.62. The van der Waals surface area contributed by atoms with E-state index in [-0.39, 0.29) is 17.5 Å². The Kier molecular flexibility index (Phi) is 4.34. The van der Waals surface area contributed by atoms with Gasteiger partial charge in [0, 0.05) is 6.07 Å². The van der Waals surface area contributed by atoms with Gasteiger partial charge in [-0.3, -0.25) is 0 Å². The molecular weight excluding hydrogens is 325 g/mol. The fraction of sp³-hybridized carbons (Fsp3) is 0.250. The van der Waals surface area contributed by atoms with E-state index in [1.807, 2.05) is 0 Å². The van der Waals surface area contributed by atoms with E-state index in [0.717, 1.165) is 24.1 Å². The highest BCUT2D eigenvalue weighted by molar-refractivity contribution is 6.42. The van der Waals surface area contributed by atoms with E-state index in [1.165, 1.54) is 0 Å². The number of hydrogen-bond acceptors (Lipinski definition) is 4. The molecule has 2 aromatic rings. The fourth-order valence-electron chi connectivity index (χ4n) is 2.56. The van der Waals surface area contributed by atoms with Crippen LogP contribution >= 0.6 is 23.2 Å². The average Bonchev–Trinajstić information content (AvgIpc) is 2.50. The van der Waals surface area contributed by atoms with Gasteiger partial charge in [0.25, 0.3) is 0 Å². The van der Waals surface area contributed by atoms with E-state index in [2.05, 4.69) is 5.32 Å². The van der Waals surface area contributed by atoms with E-state index in [1.54, 1.807) is 30.3 Å². The second-order valence-corrected chi connectivity index (χ2v) is 6.00. The molecule has 116 valence electrons. The van der Waals surface area contributed by atoms with Crippen molar-refractivity contribution in [1.29, 1.82) is 0 Å². The Bertz CT molecular complexity index is 706. The Balaban J connectivity index is 1.77. The first-order valence-electron chi connectivity index (χ1n) is 6.90. The predicted molar refractivity (Wildman–Crippen MR) is 86.2 cm³/mol. The summed E-state index contributed by atoms with van der Waals surface area (Å²) in [5.74, 6) is 0.415. The van der Waals surface area contributed by atoms with Crippen LogP contribution in [0.5, 0.6) is 17.2 Å². The summed E-state index contributed by atoms with van der Waals surface area (Å²) in [5, 5.41) is 23.6. The maximum Gasteiger partial charge on any atom is 0.157 e. The Morgan fingerprint density at radius 2 is 1.86 bits per heavy atom. The van der Waals surface area contributed by atoms with Gasteiger partial charge in [0.2, 0.25) is 0 Å². The normalized spacial score (nSPS) is 17.1. The molecule has 22 heavy (non-hydrogen) atoms. The van der Waals surface area contributed by atoms with Crippen molar-refractivity contribution in [3.8, 4) is 17.2 Å². The molecule has 4 nitrogen and oxygen atoms in total. The third-order valence-corrected chi connectivity index (χ3v) is 4.44. The molecule has 0 saturated carbocycles. The Labute approximate surface area is 138 Å². The largest absolute Gasteiger partial charge is 0.504 e. The minimum Gasteiger partial charge on any atom is -0.504 e. The van der Waals surface area contributed by atoms with Crippen LogP contribution in [0.2, 0.25) is 10.0 Å². The minimum absolute atomic E-state index is 0.0651. The lowest BCUT2D eigenvalue weighted by atomic mass is 9.94. The first-order valence-corrected chi connectivity index (χ1v) is 7.66. The summed E-state index contributed by atoms with van der Waals surface area (Å²) < 4.78 is 5.76. The molecule has 0 amide bonds. The van der Waals surface area contributed by atoms with Crippen molar-refractivity contribution in [3.05, 3.63) is 51.5 Å². The van der Waals surface area contributed by atoms with Gasteiger partial charge in [-0.2, -0.15) is 0 Å². The highest BCUT2D eigenvalue weighted by Gasteiger charge is 2.22. The number of halogens is 2. The number of nitrogens with one attached hydrogen (secondary N) is 1. The third kappa shape index (κ3) is 3.09. The minimum atomic E-state index is -0.123. The number of phenols is 2. The molecule has 2 aromatic carbocycles. The lowest BCUT2D eigenvalue weighted by Crippen LogP contribution is -2.33. The fourth-order valence-corrected chi connectivity index (χ4v) is 2.85. The van der Waals surface area contributed by atoms with Crippen LogP contribution in [0.4, 0.5) is 0 Å². The Morgan fingerprint density at radius 1 is 1.09 bits per heavy atom. The molecule has 0 bridgehead atoms. The van der Waals surface area contributed by atoms with Crippen LogP contribution < -0.4 is 10.1 Å². The second-order valence-electron chi connectivity index (χ2n) is 5.18. The molecule has 3 rings (SSSR count). The van der Waals surface area contributed by atoms with Crippen molar-refractivity contribution in [2.75, 3.05) is 13.2 Å². The van der Waals surface area contributed by atoms with E-state index in [0.29, 0.717) is 22.4 Å². The van der Waals surface area contributed by atoms with Crippen LogP contribution in [-0.2, 0) is 6.42 Å². The molecule has 0 aromatic heterocycles. The van der Waals surface area contributed by atoms with Crippen molar-refractivity contribution >= 4 is 23.2 Å². The van der Waals surface area contributed by atoms with Crippen molar-refractivity contribution < 1.29 is 14.9 Å². The maximum absolute atomic E-state index is 9.69. The molecule has 1 aliphatic heterocycles. The molecule has 0 radical (unpaired) electrons. The van der Waals surface area contributed by atoms with Crippen LogP contribution in [0.1, 0.15) is 17.2 Å². The van der Waals surface area contributed by atoms with Crippen molar-refractivity contribution in [2.24, 2.45) is 0 Å². The quantitative estimate of drug-likeness (QED) is 0.746. The van der Waals surface area contributed by atoms with Gasteiger partial charge in [-0.25, -0.2) is 0 Å². The van der Waals surface area contributed by atoms with E-state index in [4.69, 9.17) is 27.9 Å². The SMILES string of the molecule is Oc1cc2c(cc1O)C(COc1ccc(Cl)c(Cl)c1)NCC2. The van der Waals surface area contributed by atoms with Crippen LogP contribution in [0, 0.1) is 0 Å². The average molecular weight is 340 g/mol. The predicted octanol–water partition coefficient (Wildman–Crippen LogP) is 3.67. The number of rotatable bonds is 3. The number of hydrogen-bond donors (Lipinski definition) is 3. The van der Waals surface area contributed by atoms with Gasteiger partial charge < -0.3 is 20.3 Å². The van der Waals surface area contributed by atoms with Gasteiger partial charge in [0.15, 0.2) is 11.5 Å². The van der Waals surface area contributed by atoms with Crippen LogP contribution in [-0.4, -0.2) is 23.4 Å². The standard InChI is InChI=1S/C16H15Cl2NO3/c17-12-2-1-10(6-13(12)18)22-8-14-11-7-16(21)15(20)5-9(11)3-4-19-14/h1-2,5-7,14,19-21H,3-4,8H2. The molecule has 1 atom stereocenters. The summed E-state index contributed by atoms with van der Waals surface area (Å²) in [6, 6.07) is 8.24. The molecule has 6 heteroatoms. The zero-order chi connectivity index (χ0) is 15.7. The van der Waals surface area contributed by atoms with Crippen LogP contribution in [0.3, 0.4) is 0 Å². The summed E-state index contributed by atoms with van der Waals surface area (Å²) in [5.41, 5.74) is 1.94. The number of ether oxygens (including phenoxy) is 1. The van der Waals surface area contributed by atoms with Gasteiger partial charge in [-0.1, -0.05) is 23.2 Å². The molecule has 0 aliphatic carbocycles. The summed E-state index contributed by atoms with van der Waals surface area (Å²) in [7, 11) is 0. The summed E-state index contributed by atoms with van der Waals surface area (Å²) in [6.45, 7) is 1.17. The Morgan fingerprint density at radius 3 is 2.64 bits per heavy atom. The molecular formula is C16H15Cl2NO3. The second kappa shape index (κ2) is 6.24. The first-order chi connectivity index (χ1) is 10.5. The monoisotopic (exact) mass is 339 g/mol. The van der Waals surface area contributed by atoms with E-state index in [9.17, 15) is 10.2 Å². The van der Waals surface area contributed by atoms with Crippen molar-refractivity contribution in [1.82, 2.24) is 5.32 Å². The van der Waals surface area contributed by atoms with E-state index < -0.39 is 0 Å². The van der Waals surface area contributed by atoms with Crippen LogP contribution in [0.25, 0.3) is 0 Å². The summed E-state index contributed by atoms with van der Waals surface area (Å²) >= 11 is 11.8. The number of benzene rings is 2. The highest BCUT2D eigenvalue weighted by Crippen LogP contribution is 2.34.